The third-order valence-electron chi connectivity index (χ3n) is 2.56. The topological polar surface area (TPSA) is 78.4 Å². The Balaban J connectivity index is 2.21. The van der Waals surface area contributed by atoms with Crippen LogP contribution >= 0.6 is 15.9 Å². The van der Waals surface area contributed by atoms with Crippen molar-refractivity contribution < 1.29 is 9.66 Å². The lowest BCUT2D eigenvalue weighted by Gasteiger charge is -2.32. The van der Waals surface area contributed by atoms with E-state index in [1.807, 2.05) is 0 Å². The molecule has 1 fully saturated rings. The molecular weight excluding hydrogens is 276 g/mol. The Morgan fingerprint density at radius 2 is 2.19 bits per heavy atom. The number of hydrogen-bond donors (Lipinski definition) is 1. The summed E-state index contributed by atoms with van der Waals surface area (Å²) in [4.78, 5) is 10.4. The molecule has 0 heterocycles. The first-order valence-corrected chi connectivity index (χ1v) is 5.72. The molecule has 86 valence electrons. The molecule has 1 aliphatic carbocycles. The fourth-order valence-electron chi connectivity index (χ4n) is 1.63. The molecule has 0 spiro atoms. The van der Waals surface area contributed by atoms with Gasteiger partial charge in [0.2, 0.25) is 5.75 Å². The SMILES string of the molecule is NC1CC(Oc2c(Br)cccc2[N+](=O)[O-])C1. The van der Waals surface area contributed by atoms with Crippen LogP contribution in [0.1, 0.15) is 12.8 Å². The number of hydrogen-bond acceptors (Lipinski definition) is 4. The highest BCUT2D eigenvalue weighted by Gasteiger charge is 2.30. The van der Waals surface area contributed by atoms with E-state index in [0.717, 1.165) is 12.8 Å². The van der Waals surface area contributed by atoms with Crippen molar-refractivity contribution >= 4 is 21.6 Å². The summed E-state index contributed by atoms with van der Waals surface area (Å²) in [6, 6.07) is 4.92. The molecule has 0 aliphatic heterocycles. The molecule has 1 aromatic rings. The highest BCUT2D eigenvalue weighted by Crippen LogP contribution is 2.37. The number of halogens is 1. The van der Waals surface area contributed by atoms with E-state index in [9.17, 15) is 10.1 Å². The van der Waals surface area contributed by atoms with Crippen molar-refractivity contribution in [2.45, 2.75) is 25.0 Å². The summed E-state index contributed by atoms with van der Waals surface area (Å²) in [7, 11) is 0. The van der Waals surface area contributed by atoms with Gasteiger partial charge in [-0.3, -0.25) is 10.1 Å². The summed E-state index contributed by atoms with van der Waals surface area (Å²) in [5.41, 5.74) is 5.61. The van der Waals surface area contributed by atoms with Gasteiger partial charge in [-0.15, -0.1) is 0 Å². The van der Waals surface area contributed by atoms with Crippen molar-refractivity contribution in [1.29, 1.82) is 0 Å². The maximum atomic E-state index is 10.8. The van der Waals surface area contributed by atoms with Crippen LogP contribution in [0.25, 0.3) is 0 Å². The van der Waals surface area contributed by atoms with Gasteiger partial charge < -0.3 is 10.5 Å². The number of para-hydroxylation sites is 1. The Bertz CT molecular complexity index is 419. The minimum atomic E-state index is -0.446. The average molecular weight is 287 g/mol. The smallest absolute Gasteiger partial charge is 0.312 e. The van der Waals surface area contributed by atoms with Crippen molar-refractivity contribution in [3.8, 4) is 5.75 Å². The van der Waals surface area contributed by atoms with Crippen molar-refractivity contribution in [2.24, 2.45) is 5.73 Å². The van der Waals surface area contributed by atoms with Crippen LogP contribution in [0.2, 0.25) is 0 Å². The molecule has 0 unspecified atom stereocenters. The lowest BCUT2D eigenvalue weighted by molar-refractivity contribution is -0.386. The first-order chi connectivity index (χ1) is 7.58. The van der Waals surface area contributed by atoms with Crippen molar-refractivity contribution in [1.82, 2.24) is 0 Å². The minimum absolute atomic E-state index is 0.00704. The first kappa shape index (κ1) is 11.3. The van der Waals surface area contributed by atoms with Crippen LogP contribution in [0.5, 0.6) is 5.75 Å². The van der Waals surface area contributed by atoms with E-state index in [-0.39, 0.29) is 17.8 Å². The average Bonchev–Trinajstić information content (AvgIpc) is 2.18. The molecule has 2 rings (SSSR count). The van der Waals surface area contributed by atoms with Crippen molar-refractivity contribution in [3.05, 3.63) is 32.8 Å². The van der Waals surface area contributed by atoms with Gasteiger partial charge in [-0.1, -0.05) is 6.07 Å². The molecule has 6 heteroatoms. The zero-order valence-corrected chi connectivity index (χ0v) is 10.0. The van der Waals surface area contributed by atoms with Crippen molar-refractivity contribution in [3.63, 3.8) is 0 Å². The fourth-order valence-corrected chi connectivity index (χ4v) is 2.08. The Morgan fingerprint density at radius 1 is 1.50 bits per heavy atom. The van der Waals surface area contributed by atoms with Gasteiger partial charge >= 0.3 is 5.69 Å². The summed E-state index contributed by atoms with van der Waals surface area (Å²) in [5.74, 6) is 0.296. The van der Waals surface area contributed by atoms with Crippen LogP contribution in [-0.4, -0.2) is 17.1 Å². The molecule has 0 radical (unpaired) electrons. The van der Waals surface area contributed by atoms with E-state index in [0.29, 0.717) is 10.2 Å². The largest absolute Gasteiger partial charge is 0.483 e. The monoisotopic (exact) mass is 286 g/mol. The summed E-state index contributed by atoms with van der Waals surface area (Å²) >= 11 is 3.25. The molecule has 1 aliphatic rings. The van der Waals surface area contributed by atoms with Crippen LogP contribution < -0.4 is 10.5 Å². The van der Waals surface area contributed by atoms with Crippen LogP contribution in [-0.2, 0) is 0 Å². The highest BCUT2D eigenvalue weighted by molar-refractivity contribution is 9.10. The number of rotatable bonds is 3. The second-order valence-electron chi connectivity index (χ2n) is 3.82. The predicted molar refractivity (Wildman–Crippen MR) is 62.4 cm³/mol. The number of nitrogens with zero attached hydrogens (tertiary/aromatic N) is 1. The summed E-state index contributed by atoms with van der Waals surface area (Å²) in [6.07, 6.45) is 1.49. The quantitative estimate of drug-likeness (QED) is 0.683. The molecule has 5 nitrogen and oxygen atoms in total. The van der Waals surface area contributed by atoms with Gasteiger partial charge in [0.05, 0.1) is 9.40 Å². The van der Waals surface area contributed by atoms with E-state index in [2.05, 4.69) is 15.9 Å². The molecule has 0 bridgehead atoms. The molecule has 0 saturated heterocycles. The third-order valence-corrected chi connectivity index (χ3v) is 3.18. The molecule has 0 aromatic heterocycles. The van der Waals surface area contributed by atoms with Gasteiger partial charge in [-0.2, -0.15) is 0 Å². The normalized spacial score (nSPS) is 23.6. The zero-order valence-electron chi connectivity index (χ0n) is 8.43. The lowest BCUT2D eigenvalue weighted by atomic mass is 9.90. The molecular formula is C10H11BrN2O3. The summed E-state index contributed by atoms with van der Waals surface area (Å²) in [5, 5.41) is 10.8. The maximum Gasteiger partial charge on any atom is 0.312 e. The van der Waals surface area contributed by atoms with Crippen LogP contribution in [0.4, 0.5) is 5.69 Å². The van der Waals surface area contributed by atoms with E-state index in [1.165, 1.54) is 6.07 Å². The Hall–Kier alpha value is -1.14. The highest BCUT2D eigenvalue weighted by atomic mass is 79.9. The van der Waals surface area contributed by atoms with Gasteiger partial charge in [0.25, 0.3) is 0 Å². The van der Waals surface area contributed by atoms with Gasteiger partial charge in [0.15, 0.2) is 0 Å². The minimum Gasteiger partial charge on any atom is -0.483 e. The number of nitro groups is 1. The van der Waals surface area contributed by atoms with Crippen LogP contribution in [0, 0.1) is 10.1 Å². The third kappa shape index (κ3) is 2.17. The number of nitrogens with two attached hydrogens (primary N) is 1. The number of benzene rings is 1. The lowest BCUT2D eigenvalue weighted by Crippen LogP contribution is -2.43. The second kappa shape index (κ2) is 4.39. The Kier molecular flexibility index (Phi) is 3.11. The second-order valence-corrected chi connectivity index (χ2v) is 4.67. The van der Waals surface area contributed by atoms with E-state index >= 15 is 0 Å². The fraction of sp³-hybridized carbons (Fsp3) is 0.400. The van der Waals surface area contributed by atoms with Gasteiger partial charge in [-0.05, 0) is 34.8 Å². The van der Waals surface area contributed by atoms with Crippen LogP contribution in [0.3, 0.4) is 0 Å². The Morgan fingerprint density at radius 3 is 2.75 bits per heavy atom. The molecule has 0 amide bonds. The van der Waals surface area contributed by atoms with Gasteiger partial charge in [0, 0.05) is 12.1 Å². The molecule has 1 saturated carbocycles. The molecule has 0 atom stereocenters. The Labute approximate surface area is 101 Å². The zero-order chi connectivity index (χ0) is 11.7. The molecule has 16 heavy (non-hydrogen) atoms. The summed E-state index contributed by atoms with van der Waals surface area (Å²) < 4.78 is 6.17. The summed E-state index contributed by atoms with van der Waals surface area (Å²) in [6.45, 7) is 0. The number of ether oxygens (including phenoxy) is 1. The standard InChI is InChI=1S/C10H11BrN2O3/c11-8-2-1-3-9(13(14)15)10(8)16-7-4-6(12)5-7/h1-3,6-7H,4-5,12H2. The first-order valence-electron chi connectivity index (χ1n) is 4.93. The van der Waals surface area contributed by atoms with E-state index < -0.39 is 4.92 Å². The number of nitro benzene ring substituents is 1. The van der Waals surface area contributed by atoms with Gasteiger partial charge in [0.1, 0.15) is 6.10 Å². The van der Waals surface area contributed by atoms with Crippen LogP contribution in [0.15, 0.2) is 22.7 Å². The predicted octanol–water partition coefficient (Wildman–Crippen LogP) is 2.23. The van der Waals surface area contributed by atoms with E-state index in [1.54, 1.807) is 12.1 Å². The van der Waals surface area contributed by atoms with Gasteiger partial charge in [-0.25, -0.2) is 0 Å². The van der Waals surface area contributed by atoms with E-state index in [4.69, 9.17) is 10.5 Å². The maximum absolute atomic E-state index is 10.8. The van der Waals surface area contributed by atoms with Crippen molar-refractivity contribution in [2.75, 3.05) is 0 Å². The molecule has 1 aromatic carbocycles. The molecule has 2 N–H and O–H groups in total.